The largest absolute Gasteiger partial charge is 0.460 e. The Morgan fingerprint density at radius 1 is 1.07 bits per heavy atom. The van der Waals surface area contributed by atoms with E-state index in [0.29, 0.717) is 37.8 Å². The number of pyridine rings is 1. The first-order valence-corrected chi connectivity index (χ1v) is 10.7. The Morgan fingerprint density at radius 2 is 1.70 bits per heavy atom. The topological polar surface area (TPSA) is 56.3 Å². The molecule has 1 aliphatic rings. The number of nitrogens with zero attached hydrogens (tertiary/aromatic N) is 1. The van der Waals surface area contributed by atoms with Gasteiger partial charge in [-0.1, -0.05) is 12.8 Å². The molecule has 4 nitrogen and oxygen atoms in total. The number of hydrogen-bond acceptors (Lipinski definition) is 4. The quantitative estimate of drug-likeness (QED) is 0.529. The van der Waals surface area contributed by atoms with E-state index < -0.39 is 17.3 Å². The molecule has 0 radical (unpaired) electrons. The molecule has 2 rings (SSSR count). The molecule has 1 aliphatic carbocycles. The van der Waals surface area contributed by atoms with Gasteiger partial charge in [0.05, 0.1) is 11.5 Å². The first-order valence-electron chi connectivity index (χ1n) is 10.7. The van der Waals surface area contributed by atoms with E-state index in [0.717, 1.165) is 44.0 Å². The first kappa shape index (κ1) is 24.4. The molecule has 1 heterocycles. The lowest BCUT2D eigenvalue weighted by Crippen LogP contribution is -2.30. The highest BCUT2D eigenvalue weighted by atomic mass is 19.4. The summed E-state index contributed by atoms with van der Waals surface area (Å²) in [7, 11) is 0. The third kappa shape index (κ3) is 8.07. The molecule has 1 aromatic rings. The zero-order chi connectivity index (χ0) is 22.4. The highest BCUT2D eigenvalue weighted by Crippen LogP contribution is 2.31. The summed E-state index contributed by atoms with van der Waals surface area (Å²) in [6.45, 7) is 5.54. The van der Waals surface area contributed by atoms with E-state index in [-0.39, 0.29) is 23.6 Å². The van der Waals surface area contributed by atoms with Gasteiger partial charge in [-0.2, -0.15) is 13.2 Å². The van der Waals surface area contributed by atoms with Gasteiger partial charge in [0.2, 0.25) is 0 Å². The number of Topliss-reactive ketones (excluding diaryl/α,β-unsaturated/α-hetero) is 1. The molecule has 0 N–H and O–H groups in total. The lowest BCUT2D eigenvalue weighted by Gasteiger charge is -2.27. The fourth-order valence-electron chi connectivity index (χ4n) is 3.85. The number of aryl methyl sites for hydroxylation is 1. The van der Waals surface area contributed by atoms with E-state index in [4.69, 9.17) is 4.74 Å². The molecule has 0 amide bonds. The molecule has 0 aromatic carbocycles. The van der Waals surface area contributed by atoms with E-state index in [2.05, 4.69) is 4.98 Å². The van der Waals surface area contributed by atoms with Crippen LogP contribution in [0.15, 0.2) is 18.3 Å². The summed E-state index contributed by atoms with van der Waals surface area (Å²) in [5.74, 6) is -0.322. The van der Waals surface area contributed by atoms with E-state index in [1.54, 1.807) is 0 Å². The normalized spacial score (nSPS) is 20.9. The summed E-state index contributed by atoms with van der Waals surface area (Å²) in [5, 5.41) is 0. The minimum atomic E-state index is -4.39. The molecule has 2 atom stereocenters. The van der Waals surface area contributed by atoms with Crippen molar-refractivity contribution in [3.05, 3.63) is 29.6 Å². The van der Waals surface area contributed by atoms with Gasteiger partial charge in [-0.15, -0.1) is 0 Å². The van der Waals surface area contributed by atoms with Gasteiger partial charge in [-0.05, 0) is 71.4 Å². The van der Waals surface area contributed by atoms with Crippen molar-refractivity contribution in [3.63, 3.8) is 0 Å². The van der Waals surface area contributed by atoms with E-state index in [1.807, 2.05) is 20.8 Å². The van der Waals surface area contributed by atoms with Crippen LogP contribution in [0.1, 0.15) is 83.4 Å². The number of alkyl halides is 3. The van der Waals surface area contributed by atoms with Crippen molar-refractivity contribution >= 4 is 11.8 Å². The summed E-state index contributed by atoms with van der Waals surface area (Å²) < 4.78 is 43.9. The molecule has 168 valence electrons. The molecule has 30 heavy (non-hydrogen) atoms. The zero-order valence-electron chi connectivity index (χ0n) is 18.1. The van der Waals surface area contributed by atoms with Crippen LogP contribution in [0, 0.1) is 11.8 Å². The Kier molecular flexibility index (Phi) is 8.44. The average Bonchev–Trinajstić information content (AvgIpc) is 2.59. The Labute approximate surface area is 176 Å². The zero-order valence-corrected chi connectivity index (χ0v) is 18.1. The number of ketones is 1. The highest BCUT2D eigenvalue weighted by molar-refractivity contribution is 5.81. The summed E-state index contributed by atoms with van der Waals surface area (Å²) in [4.78, 5) is 29.0. The smallest absolute Gasteiger partial charge is 0.416 e. The van der Waals surface area contributed by atoms with Crippen LogP contribution in [-0.4, -0.2) is 22.3 Å². The van der Waals surface area contributed by atoms with Crippen LogP contribution in [-0.2, 0) is 26.9 Å². The second-order valence-corrected chi connectivity index (χ2v) is 9.14. The first-order chi connectivity index (χ1) is 14.0. The van der Waals surface area contributed by atoms with Crippen molar-refractivity contribution < 1.29 is 27.5 Å². The van der Waals surface area contributed by atoms with Gasteiger partial charge in [-0.25, -0.2) is 0 Å². The number of hydrogen-bond donors (Lipinski definition) is 0. The fourth-order valence-corrected chi connectivity index (χ4v) is 3.85. The molecule has 1 aromatic heterocycles. The van der Waals surface area contributed by atoms with Crippen LogP contribution in [0.25, 0.3) is 0 Å². The Hall–Kier alpha value is -1.92. The van der Waals surface area contributed by atoms with Crippen molar-refractivity contribution in [2.24, 2.45) is 11.8 Å². The second-order valence-electron chi connectivity index (χ2n) is 9.14. The van der Waals surface area contributed by atoms with Crippen molar-refractivity contribution in [2.75, 3.05) is 0 Å². The maximum Gasteiger partial charge on any atom is 0.416 e. The van der Waals surface area contributed by atoms with Gasteiger partial charge >= 0.3 is 12.1 Å². The summed E-state index contributed by atoms with van der Waals surface area (Å²) in [5.41, 5.74) is -0.890. The molecule has 7 heteroatoms. The van der Waals surface area contributed by atoms with Crippen LogP contribution in [0.5, 0.6) is 0 Å². The number of carbonyl (C=O) groups is 2. The van der Waals surface area contributed by atoms with Crippen LogP contribution in [0.2, 0.25) is 0 Å². The number of ether oxygens (including phenoxy) is 1. The van der Waals surface area contributed by atoms with Gasteiger partial charge in [0.1, 0.15) is 11.4 Å². The van der Waals surface area contributed by atoms with Crippen molar-refractivity contribution in [3.8, 4) is 0 Å². The van der Waals surface area contributed by atoms with Crippen LogP contribution >= 0.6 is 0 Å². The minimum Gasteiger partial charge on any atom is -0.460 e. The number of carbonyl (C=O) groups excluding carboxylic acids is 2. The molecule has 1 fully saturated rings. The molecular formula is C23H32F3NO3. The molecule has 0 spiro atoms. The van der Waals surface area contributed by atoms with Gasteiger partial charge in [0.25, 0.3) is 0 Å². The molecule has 0 aliphatic heterocycles. The Balaban J connectivity index is 1.84. The third-order valence-electron chi connectivity index (χ3n) is 5.41. The standard InChI is InChI=1S/C23H32F3NO3/c1-22(2,3)30-21(29)17-8-5-4-7-16(11-12-17)20(28)10-6-9-19-15-18(13-14-27-19)23(24,25)26/h13-17H,4-12H2,1-3H3. The molecule has 2 unspecified atom stereocenters. The molecule has 0 saturated heterocycles. The highest BCUT2D eigenvalue weighted by Gasteiger charge is 2.31. The lowest BCUT2D eigenvalue weighted by atomic mass is 9.82. The van der Waals surface area contributed by atoms with Crippen LogP contribution < -0.4 is 0 Å². The van der Waals surface area contributed by atoms with Crippen molar-refractivity contribution in [1.82, 2.24) is 4.98 Å². The maximum absolute atomic E-state index is 12.8. The Bertz CT molecular complexity index is 725. The molecule has 1 saturated carbocycles. The second kappa shape index (κ2) is 10.4. The molecular weight excluding hydrogens is 395 g/mol. The molecule has 0 bridgehead atoms. The van der Waals surface area contributed by atoms with Gasteiger partial charge in [0, 0.05) is 24.2 Å². The van der Waals surface area contributed by atoms with Crippen LogP contribution in [0.4, 0.5) is 13.2 Å². The van der Waals surface area contributed by atoms with Gasteiger partial charge in [-0.3, -0.25) is 14.6 Å². The maximum atomic E-state index is 12.8. The van der Waals surface area contributed by atoms with Crippen molar-refractivity contribution in [2.45, 2.75) is 90.3 Å². The fraction of sp³-hybridized carbons (Fsp3) is 0.696. The van der Waals surface area contributed by atoms with Crippen molar-refractivity contribution in [1.29, 1.82) is 0 Å². The average molecular weight is 428 g/mol. The monoisotopic (exact) mass is 427 g/mol. The number of esters is 1. The van der Waals surface area contributed by atoms with E-state index >= 15 is 0 Å². The predicted molar refractivity (Wildman–Crippen MR) is 108 cm³/mol. The lowest BCUT2D eigenvalue weighted by molar-refractivity contribution is -0.161. The minimum absolute atomic E-state index is 0.0929. The number of aromatic nitrogens is 1. The van der Waals surface area contributed by atoms with E-state index in [1.165, 1.54) is 0 Å². The Morgan fingerprint density at radius 3 is 2.33 bits per heavy atom. The SMILES string of the molecule is CC(C)(C)OC(=O)C1CCCCC(C(=O)CCCc2cc(C(F)(F)F)ccn2)CC1. The number of halogens is 3. The van der Waals surface area contributed by atoms with Gasteiger partial charge < -0.3 is 4.74 Å². The summed E-state index contributed by atoms with van der Waals surface area (Å²) in [6.07, 6.45) is 2.57. The van der Waals surface area contributed by atoms with E-state index in [9.17, 15) is 22.8 Å². The summed E-state index contributed by atoms with van der Waals surface area (Å²) >= 11 is 0. The van der Waals surface area contributed by atoms with Crippen LogP contribution in [0.3, 0.4) is 0 Å². The third-order valence-corrected chi connectivity index (χ3v) is 5.41. The summed E-state index contributed by atoms with van der Waals surface area (Å²) in [6, 6.07) is 2.00. The number of rotatable bonds is 6. The van der Waals surface area contributed by atoms with Gasteiger partial charge in [0.15, 0.2) is 0 Å². The predicted octanol–water partition coefficient (Wildman–Crippen LogP) is 5.92.